The molecule has 1 aliphatic heterocycles. The summed E-state index contributed by atoms with van der Waals surface area (Å²) in [6, 6.07) is 6.36. The van der Waals surface area contributed by atoms with E-state index in [0.29, 0.717) is 22.7 Å². The monoisotopic (exact) mass is 293 g/mol. The van der Waals surface area contributed by atoms with Crippen molar-refractivity contribution in [3.05, 3.63) is 35.0 Å². The highest BCUT2D eigenvalue weighted by atomic mass is 32.1. The molecule has 0 bridgehead atoms. The van der Waals surface area contributed by atoms with Gasteiger partial charge in [-0.05, 0) is 30.5 Å². The Hall–Kier alpha value is -1.46. The van der Waals surface area contributed by atoms with Gasteiger partial charge in [-0.15, -0.1) is 11.3 Å². The smallest absolute Gasteiger partial charge is 0.264 e. The molecule has 3 rings (SSSR count). The number of fused-ring (bicyclic) bond motifs is 1. The van der Waals surface area contributed by atoms with Gasteiger partial charge in [-0.2, -0.15) is 0 Å². The van der Waals surface area contributed by atoms with Gasteiger partial charge in [-0.3, -0.25) is 4.79 Å². The van der Waals surface area contributed by atoms with E-state index >= 15 is 0 Å². The van der Waals surface area contributed by atoms with Gasteiger partial charge < -0.3 is 10.0 Å². The van der Waals surface area contributed by atoms with E-state index in [1.54, 1.807) is 17.0 Å². The number of thiophene rings is 1. The molecule has 2 heterocycles. The lowest BCUT2D eigenvalue weighted by Crippen LogP contribution is -2.39. The first-order valence-electron chi connectivity index (χ1n) is 6.71. The molecule has 2 aromatic rings. The van der Waals surface area contributed by atoms with E-state index in [-0.39, 0.29) is 24.4 Å². The van der Waals surface area contributed by atoms with Gasteiger partial charge in [0.05, 0.1) is 17.5 Å². The zero-order chi connectivity index (χ0) is 14.3. The fourth-order valence-corrected chi connectivity index (χ4v) is 3.84. The Bertz CT molecular complexity index is 654. The van der Waals surface area contributed by atoms with Crippen LogP contribution in [0, 0.1) is 11.7 Å². The molecule has 2 unspecified atom stereocenters. The van der Waals surface area contributed by atoms with Crippen LogP contribution in [0.3, 0.4) is 0 Å². The second kappa shape index (κ2) is 5.14. The van der Waals surface area contributed by atoms with E-state index in [1.165, 1.54) is 17.4 Å². The predicted octanol–water partition coefficient (Wildman–Crippen LogP) is 2.88. The zero-order valence-corrected chi connectivity index (χ0v) is 12.0. The second-order valence-corrected chi connectivity index (χ2v) is 6.36. The summed E-state index contributed by atoms with van der Waals surface area (Å²) < 4.78 is 14.5. The summed E-state index contributed by atoms with van der Waals surface area (Å²) >= 11 is 1.31. The minimum atomic E-state index is -0.300. The molecule has 2 atom stereocenters. The van der Waals surface area contributed by atoms with Crippen molar-refractivity contribution in [3.63, 3.8) is 0 Å². The SMILES string of the molecule is CC1CCN(C(=O)c2cc3c(F)cccc3s2)C1CO. The maximum atomic E-state index is 13.7. The quantitative estimate of drug-likeness (QED) is 0.925. The first-order chi connectivity index (χ1) is 9.61. The summed E-state index contributed by atoms with van der Waals surface area (Å²) in [6.07, 6.45) is 0.899. The largest absolute Gasteiger partial charge is 0.394 e. The molecule has 1 amide bonds. The molecule has 0 aliphatic carbocycles. The molecule has 1 aliphatic rings. The standard InChI is InChI=1S/C15H16FNO2S/c1-9-5-6-17(12(9)8-18)15(19)14-7-10-11(16)3-2-4-13(10)20-14/h2-4,7,9,12,18H,5-6,8H2,1H3. The van der Waals surface area contributed by atoms with Crippen molar-refractivity contribution >= 4 is 27.3 Å². The average Bonchev–Trinajstić information content (AvgIpc) is 3.02. The van der Waals surface area contributed by atoms with E-state index in [0.717, 1.165) is 11.1 Å². The molecule has 1 N–H and O–H groups in total. The Balaban J connectivity index is 1.95. The summed E-state index contributed by atoms with van der Waals surface area (Å²) in [5.74, 6) is -0.102. The van der Waals surface area contributed by atoms with Crippen LogP contribution in [0.1, 0.15) is 23.0 Å². The number of nitrogens with zero attached hydrogens (tertiary/aromatic N) is 1. The Morgan fingerprint density at radius 1 is 1.55 bits per heavy atom. The summed E-state index contributed by atoms with van der Waals surface area (Å²) in [5.41, 5.74) is 0. The topological polar surface area (TPSA) is 40.5 Å². The zero-order valence-electron chi connectivity index (χ0n) is 11.2. The van der Waals surface area contributed by atoms with Crippen LogP contribution in [-0.2, 0) is 0 Å². The van der Waals surface area contributed by atoms with Gasteiger partial charge in [0.25, 0.3) is 5.91 Å². The molecule has 106 valence electrons. The number of rotatable bonds is 2. The Morgan fingerprint density at radius 2 is 2.35 bits per heavy atom. The molecule has 20 heavy (non-hydrogen) atoms. The van der Waals surface area contributed by atoms with E-state index in [4.69, 9.17) is 0 Å². The summed E-state index contributed by atoms with van der Waals surface area (Å²) in [5, 5.41) is 9.93. The van der Waals surface area contributed by atoms with Crippen LogP contribution in [0.15, 0.2) is 24.3 Å². The minimum Gasteiger partial charge on any atom is -0.394 e. The molecule has 5 heteroatoms. The van der Waals surface area contributed by atoms with E-state index < -0.39 is 0 Å². The molecule has 1 aromatic carbocycles. The van der Waals surface area contributed by atoms with Crippen LogP contribution in [0.5, 0.6) is 0 Å². The molecular formula is C15H16FNO2S. The second-order valence-electron chi connectivity index (χ2n) is 5.28. The van der Waals surface area contributed by atoms with Gasteiger partial charge >= 0.3 is 0 Å². The lowest BCUT2D eigenvalue weighted by Gasteiger charge is -2.24. The molecule has 3 nitrogen and oxygen atoms in total. The molecule has 0 saturated carbocycles. The van der Waals surface area contributed by atoms with Crippen LogP contribution in [0.25, 0.3) is 10.1 Å². The number of amides is 1. The van der Waals surface area contributed by atoms with Crippen molar-refractivity contribution in [2.75, 3.05) is 13.2 Å². The maximum absolute atomic E-state index is 13.7. The van der Waals surface area contributed by atoms with Crippen molar-refractivity contribution < 1.29 is 14.3 Å². The third-order valence-corrected chi connectivity index (χ3v) is 5.14. The summed E-state index contributed by atoms with van der Waals surface area (Å²) in [4.78, 5) is 14.8. The predicted molar refractivity (Wildman–Crippen MR) is 77.5 cm³/mol. The molecule has 1 aromatic heterocycles. The van der Waals surface area contributed by atoms with Gasteiger partial charge in [0.15, 0.2) is 0 Å². The van der Waals surface area contributed by atoms with Gasteiger partial charge in [-0.25, -0.2) is 4.39 Å². The van der Waals surface area contributed by atoms with Crippen LogP contribution in [-0.4, -0.2) is 35.1 Å². The number of aliphatic hydroxyl groups excluding tert-OH is 1. The fraction of sp³-hybridized carbons (Fsp3) is 0.400. The highest BCUT2D eigenvalue weighted by Crippen LogP contribution is 2.31. The number of hydrogen-bond acceptors (Lipinski definition) is 3. The number of hydrogen-bond donors (Lipinski definition) is 1. The molecular weight excluding hydrogens is 277 g/mol. The highest BCUT2D eigenvalue weighted by Gasteiger charge is 2.34. The number of aliphatic hydroxyl groups is 1. The van der Waals surface area contributed by atoms with Crippen LogP contribution < -0.4 is 0 Å². The number of halogens is 1. The van der Waals surface area contributed by atoms with Crippen LogP contribution in [0.4, 0.5) is 4.39 Å². The lowest BCUT2D eigenvalue weighted by atomic mass is 10.0. The average molecular weight is 293 g/mol. The molecule has 0 spiro atoms. The van der Waals surface area contributed by atoms with Gasteiger partial charge in [-0.1, -0.05) is 13.0 Å². The van der Waals surface area contributed by atoms with Crippen LogP contribution in [0.2, 0.25) is 0 Å². The number of carbonyl (C=O) groups is 1. The van der Waals surface area contributed by atoms with Crippen molar-refractivity contribution in [2.45, 2.75) is 19.4 Å². The Morgan fingerprint density at radius 3 is 3.05 bits per heavy atom. The van der Waals surface area contributed by atoms with E-state index in [9.17, 15) is 14.3 Å². The lowest BCUT2D eigenvalue weighted by molar-refractivity contribution is 0.0653. The normalized spacial score (nSPS) is 22.6. The van der Waals surface area contributed by atoms with Crippen molar-refractivity contribution in [1.82, 2.24) is 4.90 Å². The highest BCUT2D eigenvalue weighted by molar-refractivity contribution is 7.20. The fourth-order valence-electron chi connectivity index (χ4n) is 2.81. The van der Waals surface area contributed by atoms with Gasteiger partial charge in [0.1, 0.15) is 5.82 Å². The number of likely N-dealkylation sites (tertiary alicyclic amines) is 1. The molecule has 1 fully saturated rings. The third kappa shape index (κ3) is 2.11. The van der Waals surface area contributed by atoms with Crippen molar-refractivity contribution in [1.29, 1.82) is 0 Å². The number of carbonyl (C=O) groups excluding carboxylic acids is 1. The Labute approximate surface area is 120 Å². The number of benzene rings is 1. The van der Waals surface area contributed by atoms with Crippen molar-refractivity contribution in [3.8, 4) is 0 Å². The molecule has 0 radical (unpaired) electrons. The Kier molecular flexibility index (Phi) is 3.48. The van der Waals surface area contributed by atoms with Gasteiger partial charge in [0.2, 0.25) is 0 Å². The van der Waals surface area contributed by atoms with Crippen molar-refractivity contribution in [2.24, 2.45) is 5.92 Å². The first-order valence-corrected chi connectivity index (χ1v) is 7.53. The first kappa shape index (κ1) is 13.5. The summed E-state index contributed by atoms with van der Waals surface area (Å²) in [7, 11) is 0. The summed E-state index contributed by atoms with van der Waals surface area (Å²) in [6.45, 7) is 2.67. The van der Waals surface area contributed by atoms with E-state index in [1.807, 2.05) is 13.0 Å². The van der Waals surface area contributed by atoms with E-state index in [2.05, 4.69) is 0 Å². The molecule has 1 saturated heterocycles. The minimum absolute atomic E-state index is 0.0217. The maximum Gasteiger partial charge on any atom is 0.264 e. The van der Waals surface area contributed by atoms with Gasteiger partial charge in [0, 0.05) is 16.6 Å². The third-order valence-electron chi connectivity index (χ3n) is 4.05. The van der Waals surface area contributed by atoms with Crippen LogP contribution >= 0.6 is 11.3 Å².